The predicted octanol–water partition coefficient (Wildman–Crippen LogP) is 5.33. The van der Waals surface area contributed by atoms with Gasteiger partial charge in [-0.25, -0.2) is 0 Å². The number of rotatable bonds is 1. The number of carbonyl (C=O) groups excluding carboxylic acids is 2. The van der Waals surface area contributed by atoms with Crippen molar-refractivity contribution in [1.29, 1.82) is 0 Å². The van der Waals surface area contributed by atoms with E-state index in [2.05, 4.69) is 20.8 Å². The highest BCUT2D eigenvalue weighted by molar-refractivity contribution is 5.84. The van der Waals surface area contributed by atoms with Gasteiger partial charge in [0.15, 0.2) is 0 Å². The van der Waals surface area contributed by atoms with Crippen LogP contribution in [0.1, 0.15) is 98.3 Å². The number of Topliss-reactive ketones (excluding diaryl/α,β-unsaturated/α-hetero) is 2. The monoisotopic (exact) mass is 400 g/mol. The summed E-state index contributed by atoms with van der Waals surface area (Å²) in [6.45, 7) is 8.85. The zero-order valence-electron chi connectivity index (χ0n) is 18.9. The second kappa shape index (κ2) is 6.17. The molecule has 0 unspecified atom stereocenters. The second-order valence-electron chi connectivity index (χ2n) is 12.2. The van der Waals surface area contributed by atoms with Crippen LogP contribution in [0.15, 0.2) is 0 Å². The highest BCUT2D eigenvalue weighted by Gasteiger charge is 2.71. The number of fused-ring (bicyclic) bond motifs is 7. The third-order valence-corrected chi connectivity index (χ3v) is 11.7. The SMILES string of the molecule is CC(=O)[C@]12CCCC[C@H]1C[C@@H]1[C@H]3C[C@H](C)[C@@]4(O)CC(=O)CC[C@]4(C)[C@@H]3CC[C@@]12C. The van der Waals surface area contributed by atoms with Gasteiger partial charge in [0.2, 0.25) is 0 Å². The van der Waals surface area contributed by atoms with Crippen molar-refractivity contribution in [3.05, 3.63) is 0 Å². The van der Waals surface area contributed by atoms with Gasteiger partial charge in [-0.3, -0.25) is 9.59 Å². The molecule has 5 saturated carbocycles. The number of aliphatic hydroxyl groups is 1. The topological polar surface area (TPSA) is 54.4 Å². The standard InChI is InChI=1S/C26H40O3/c1-16-13-20-21(24(4)11-8-19(28)15-26(16,24)29)9-12-23(3)22(20)14-18-7-5-6-10-25(18,23)17(2)27/h16,18,20-22,29H,5-15H2,1-4H3/t16-,18-,20-,21+,22+,23-,24+,25+,26-/m0/s1. The number of hydrogen-bond donors (Lipinski definition) is 1. The molecular weight excluding hydrogens is 360 g/mol. The normalized spacial score (nSPS) is 56.7. The molecule has 5 aliphatic carbocycles. The molecule has 162 valence electrons. The first-order chi connectivity index (χ1) is 13.6. The number of carbonyl (C=O) groups is 2. The summed E-state index contributed by atoms with van der Waals surface area (Å²) in [5, 5.41) is 11.8. The van der Waals surface area contributed by atoms with E-state index in [4.69, 9.17) is 0 Å². The molecule has 0 aromatic heterocycles. The largest absolute Gasteiger partial charge is 0.389 e. The summed E-state index contributed by atoms with van der Waals surface area (Å²) in [6.07, 6.45) is 11.2. The summed E-state index contributed by atoms with van der Waals surface area (Å²) < 4.78 is 0. The van der Waals surface area contributed by atoms with Crippen LogP contribution in [0.5, 0.6) is 0 Å². The minimum absolute atomic E-state index is 0.0959. The van der Waals surface area contributed by atoms with E-state index in [1.807, 2.05) is 6.92 Å². The highest BCUT2D eigenvalue weighted by Crippen LogP contribution is 2.75. The molecule has 0 bridgehead atoms. The first kappa shape index (κ1) is 20.2. The Hall–Kier alpha value is -0.700. The molecule has 0 aromatic rings. The van der Waals surface area contributed by atoms with Gasteiger partial charge >= 0.3 is 0 Å². The summed E-state index contributed by atoms with van der Waals surface area (Å²) in [5.41, 5.74) is -0.953. The van der Waals surface area contributed by atoms with Crippen molar-refractivity contribution in [3.63, 3.8) is 0 Å². The fraction of sp³-hybridized carbons (Fsp3) is 0.923. The number of hydrogen-bond acceptors (Lipinski definition) is 3. The lowest BCUT2D eigenvalue weighted by molar-refractivity contribution is -0.230. The summed E-state index contributed by atoms with van der Waals surface area (Å²) in [5.74, 6) is 3.15. The molecule has 0 heterocycles. The molecule has 29 heavy (non-hydrogen) atoms. The van der Waals surface area contributed by atoms with E-state index in [1.165, 1.54) is 25.7 Å². The molecule has 9 atom stereocenters. The summed E-state index contributed by atoms with van der Waals surface area (Å²) in [7, 11) is 0. The van der Waals surface area contributed by atoms with E-state index in [0.717, 1.165) is 32.1 Å². The molecule has 5 fully saturated rings. The van der Waals surface area contributed by atoms with Crippen LogP contribution in [0, 0.1) is 45.8 Å². The Kier molecular flexibility index (Phi) is 4.30. The number of ketones is 2. The molecule has 5 aliphatic rings. The van der Waals surface area contributed by atoms with E-state index < -0.39 is 5.60 Å². The van der Waals surface area contributed by atoms with Crippen LogP contribution in [0.25, 0.3) is 0 Å². The van der Waals surface area contributed by atoms with Crippen LogP contribution < -0.4 is 0 Å². The molecule has 0 aromatic carbocycles. The molecule has 0 amide bonds. The zero-order chi connectivity index (χ0) is 20.8. The van der Waals surface area contributed by atoms with Crippen molar-refractivity contribution in [2.75, 3.05) is 0 Å². The Morgan fingerprint density at radius 2 is 1.76 bits per heavy atom. The highest BCUT2D eigenvalue weighted by atomic mass is 16.3. The van der Waals surface area contributed by atoms with E-state index >= 15 is 0 Å². The Labute approximate surface area is 176 Å². The van der Waals surface area contributed by atoms with Gasteiger partial charge in [0.05, 0.1) is 5.60 Å². The predicted molar refractivity (Wildman–Crippen MR) is 113 cm³/mol. The van der Waals surface area contributed by atoms with Gasteiger partial charge in [-0.1, -0.05) is 33.6 Å². The van der Waals surface area contributed by atoms with Crippen molar-refractivity contribution < 1.29 is 14.7 Å². The van der Waals surface area contributed by atoms with E-state index in [-0.39, 0.29) is 27.9 Å². The quantitative estimate of drug-likeness (QED) is 0.647. The Balaban J connectivity index is 1.56. The van der Waals surface area contributed by atoms with Crippen molar-refractivity contribution in [3.8, 4) is 0 Å². The molecule has 3 nitrogen and oxygen atoms in total. The van der Waals surface area contributed by atoms with E-state index in [0.29, 0.717) is 42.3 Å². The van der Waals surface area contributed by atoms with Crippen LogP contribution in [0.3, 0.4) is 0 Å². The molecule has 1 N–H and O–H groups in total. The zero-order valence-corrected chi connectivity index (χ0v) is 18.9. The van der Waals surface area contributed by atoms with Gasteiger partial charge < -0.3 is 5.11 Å². The van der Waals surface area contributed by atoms with Crippen molar-refractivity contribution >= 4 is 11.6 Å². The Morgan fingerprint density at radius 1 is 1.00 bits per heavy atom. The lowest BCUT2D eigenvalue weighted by Crippen LogP contribution is -2.66. The Morgan fingerprint density at radius 3 is 2.48 bits per heavy atom. The fourth-order valence-corrected chi connectivity index (χ4v) is 10.3. The molecule has 0 radical (unpaired) electrons. The third-order valence-electron chi connectivity index (χ3n) is 11.7. The van der Waals surface area contributed by atoms with Gasteiger partial charge in [-0.05, 0) is 86.9 Å². The van der Waals surface area contributed by atoms with Gasteiger partial charge in [0.25, 0.3) is 0 Å². The van der Waals surface area contributed by atoms with Gasteiger partial charge in [-0.2, -0.15) is 0 Å². The third kappa shape index (κ3) is 2.24. The molecule has 0 spiro atoms. The molecule has 3 heteroatoms. The smallest absolute Gasteiger partial charge is 0.136 e. The fourth-order valence-electron chi connectivity index (χ4n) is 10.3. The first-order valence-corrected chi connectivity index (χ1v) is 12.4. The molecular formula is C26H40O3. The minimum Gasteiger partial charge on any atom is -0.389 e. The summed E-state index contributed by atoms with van der Waals surface area (Å²) >= 11 is 0. The second-order valence-corrected chi connectivity index (χ2v) is 12.2. The van der Waals surface area contributed by atoms with Crippen LogP contribution in [-0.4, -0.2) is 22.3 Å². The molecule has 0 saturated heterocycles. The minimum atomic E-state index is -0.832. The maximum Gasteiger partial charge on any atom is 0.136 e. The first-order valence-electron chi connectivity index (χ1n) is 12.4. The lowest BCUT2D eigenvalue weighted by atomic mass is 9.40. The van der Waals surface area contributed by atoms with Crippen LogP contribution in [0.2, 0.25) is 0 Å². The molecule has 5 rings (SSSR count). The van der Waals surface area contributed by atoms with Crippen LogP contribution >= 0.6 is 0 Å². The van der Waals surface area contributed by atoms with Gasteiger partial charge in [0.1, 0.15) is 11.6 Å². The van der Waals surface area contributed by atoms with E-state index in [1.54, 1.807) is 0 Å². The maximum absolute atomic E-state index is 13.2. The summed E-state index contributed by atoms with van der Waals surface area (Å²) in [4.78, 5) is 25.5. The lowest BCUT2D eigenvalue weighted by Gasteiger charge is -2.66. The van der Waals surface area contributed by atoms with Crippen molar-refractivity contribution in [2.24, 2.45) is 45.8 Å². The van der Waals surface area contributed by atoms with Gasteiger partial charge in [0, 0.05) is 23.7 Å². The van der Waals surface area contributed by atoms with Crippen LogP contribution in [0.4, 0.5) is 0 Å². The molecule has 0 aliphatic heterocycles. The van der Waals surface area contributed by atoms with Crippen molar-refractivity contribution in [1.82, 2.24) is 0 Å². The van der Waals surface area contributed by atoms with Gasteiger partial charge in [-0.15, -0.1) is 0 Å². The van der Waals surface area contributed by atoms with Crippen molar-refractivity contribution in [2.45, 2.75) is 104 Å². The average Bonchev–Trinajstić information content (AvgIpc) is 2.95. The summed E-state index contributed by atoms with van der Waals surface area (Å²) in [6, 6.07) is 0. The average molecular weight is 401 g/mol. The van der Waals surface area contributed by atoms with E-state index in [9.17, 15) is 14.7 Å². The maximum atomic E-state index is 13.2. The van der Waals surface area contributed by atoms with Crippen LogP contribution in [-0.2, 0) is 9.59 Å². The Bertz CT molecular complexity index is 744.